The van der Waals surface area contributed by atoms with Crippen molar-refractivity contribution >= 4 is 21.9 Å². The second kappa shape index (κ2) is 6.86. The second-order valence-corrected chi connectivity index (χ2v) is 7.08. The number of benzene rings is 1. The summed E-state index contributed by atoms with van der Waals surface area (Å²) in [5.74, 6) is -0.284. The van der Waals surface area contributed by atoms with E-state index in [4.69, 9.17) is 9.88 Å². The zero-order valence-corrected chi connectivity index (χ0v) is 13.9. The summed E-state index contributed by atoms with van der Waals surface area (Å²) in [4.78, 5) is 15.4. The van der Waals surface area contributed by atoms with E-state index in [0.717, 1.165) is 5.69 Å². The fraction of sp³-hybridized carbons (Fsp3) is 0.500. The molecule has 0 bridgehead atoms. The molecule has 25 heavy (non-hydrogen) atoms. The predicted octanol–water partition coefficient (Wildman–Crippen LogP) is -2.04. The maximum absolute atomic E-state index is 12.3. The quantitative estimate of drug-likeness (QED) is 0.536. The number of carbonyl (C=O) groups is 1. The van der Waals surface area contributed by atoms with E-state index < -0.39 is 41.5 Å². The van der Waals surface area contributed by atoms with Gasteiger partial charge in [-0.25, -0.2) is 5.14 Å². The molecule has 10 nitrogen and oxygen atoms in total. The number of hydrogen-bond acceptors (Lipinski definition) is 8. The largest absolute Gasteiger partial charge is 0.387 e. The van der Waals surface area contributed by atoms with Crippen LogP contribution in [0.2, 0.25) is 0 Å². The van der Waals surface area contributed by atoms with E-state index in [2.05, 4.69) is 4.18 Å². The van der Waals surface area contributed by atoms with Gasteiger partial charge in [-0.1, -0.05) is 18.2 Å². The average Bonchev–Trinajstić information content (AvgIpc) is 3.07. The van der Waals surface area contributed by atoms with Gasteiger partial charge in [0, 0.05) is 5.69 Å². The predicted molar refractivity (Wildman–Crippen MR) is 85.2 cm³/mol. The SMILES string of the molecule is NS(=O)(=O)OC[C@H]1O[C@@H](N2CN(c3ccccc3)CC2=O)[C@H](O)[C@@H]1O. The van der Waals surface area contributed by atoms with Crippen LogP contribution in [0.5, 0.6) is 0 Å². The smallest absolute Gasteiger partial charge is 0.333 e. The summed E-state index contributed by atoms with van der Waals surface area (Å²) in [6, 6.07) is 9.23. The summed E-state index contributed by atoms with van der Waals surface area (Å²) in [5, 5.41) is 24.9. The van der Waals surface area contributed by atoms with E-state index in [9.17, 15) is 23.4 Å². The molecule has 1 aromatic carbocycles. The van der Waals surface area contributed by atoms with Crippen molar-refractivity contribution in [3.8, 4) is 0 Å². The molecule has 1 amide bonds. The number of ether oxygens (including phenoxy) is 1. The van der Waals surface area contributed by atoms with Gasteiger partial charge in [-0.05, 0) is 12.1 Å². The molecule has 0 aromatic heterocycles. The molecule has 2 heterocycles. The van der Waals surface area contributed by atoms with Gasteiger partial charge in [-0.2, -0.15) is 8.42 Å². The van der Waals surface area contributed by atoms with Crippen LogP contribution in [-0.4, -0.2) is 73.8 Å². The Kier molecular flexibility index (Phi) is 4.95. The summed E-state index contributed by atoms with van der Waals surface area (Å²) in [6.45, 7) is -0.289. The Morgan fingerprint density at radius 3 is 2.56 bits per heavy atom. The van der Waals surface area contributed by atoms with Gasteiger partial charge in [-0.3, -0.25) is 13.9 Å². The Morgan fingerprint density at radius 1 is 1.24 bits per heavy atom. The molecule has 4 N–H and O–H groups in total. The highest BCUT2D eigenvalue weighted by atomic mass is 32.2. The van der Waals surface area contributed by atoms with Crippen LogP contribution in [0.4, 0.5) is 5.69 Å². The standard InChI is InChI=1S/C14H19N3O7S/c15-25(21,22)23-7-10-12(19)13(20)14(24-10)17-8-16(6-11(17)18)9-4-2-1-3-5-9/h1-5,10,12-14,19-20H,6-8H2,(H2,15,21,22)/t10-,12-,13-,14-/m1/s1. The number of anilines is 1. The van der Waals surface area contributed by atoms with Crippen LogP contribution in [0, 0.1) is 0 Å². The van der Waals surface area contributed by atoms with Crippen molar-refractivity contribution in [3.05, 3.63) is 30.3 Å². The van der Waals surface area contributed by atoms with E-state index in [0.29, 0.717) is 0 Å². The van der Waals surface area contributed by atoms with Gasteiger partial charge in [0.25, 0.3) is 0 Å². The summed E-state index contributed by atoms with van der Waals surface area (Å²) in [5.41, 5.74) is 0.834. The molecule has 0 unspecified atom stereocenters. The van der Waals surface area contributed by atoms with Crippen LogP contribution in [0.1, 0.15) is 0 Å². The van der Waals surface area contributed by atoms with Gasteiger partial charge in [0.15, 0.2) is 6.23 Å². The summed E-state index contributed by atoms with van der Waals surface area (Å²) >= 11 is 0. The number of nitrogens with zero attached hydrogens (tertiary/aromatic N) is 2. The zero-order chi connectivity index (χ0) is 18.2. The third-order valence-electron chi connectivity index (χ3n) is 4.13. The molecular formula is C14H19N3O7S. The molecule has 3 rings (SSSR count). The highest BCUT2D eigenvalue weighted by molar-refractivity contribution is 7.84. The lowest BCUT2D eigenvalue weighted by Gasteiger charge is -2.26. The number of aliphatic hydroxyl groups excluding tert-OH is 2. The maximum Gasteiger partial charge on any atom is 0.333 e. The fourth-order valence-electron chi connectivity index (χ4n) is 2.89. The Labute approximate surface area is 144 Å². The van der Waals surface area contributed by atoms with Gasteiger partial charge >= 0.3 is 10.3 Å². The van der Waals surface area contributed by atoms with Gasteiger partial charge in [0.2, 0.25) is 5.91 Å². The second-order valence-electron chi connectivity index (χ2n) is 5.86. The first kappa shape index (κ1) is 18.0. The van der Waals surface area contributed by atoms with Crippen molar-refractivity contribution in [3.63, 3.8) is 0 Å². The van der Waals surface area contributed by atoms with Crippen LogP contribution in [0.25, 0.3) is 0 Å². The molecule has 2 aliphatic rings. The number of rotatable bonds is 5. The number of para-hydroxylation sites is 1. The Morgan fingerprint density at radius 2 is 1.92 bits per heavy atom. The first-order valence-electron chi connectivity index (χ1n) is 7.54. The Hall–Kier alpha value is -1.76. The fourth-order valence-corrected chi connectivity index (χ4v) is 3.21. The average molecular weight is 373 g/mol. The third kappa shape index (κ3) is 3.92. The van der Waals surface area contributed by atoms with E-state index in [1.54, 1.807) is 4.90 Å². The summed E-state index contributed by atoms with van der Waals surface area (Å²) in [7, 11) is -4.21. The number of aliphatic hydroxyl groups is 2. The number of carbonyl (C=O) groups excluding carboxylic acids is 1. The number of nitrogens with two attached hydrogens (primary N) is 1. The molecule has 2 aliphatic heterocycles. The van der Waals surface area contributed by atoms with E-state index in [1.165, 1.54) is 4.90 Å². The molecule has 2 saturated heterocycles. The highest BCUT2D eigenvalue weighted by Crippen LogP contribution is 2.28. The highest BCUT2D eigenvalue weighted by Gasteiger charge is 2.49. The molecule has 11 heteroatoms. The van der Waals surface area contributed by atoms with Crippen molar-refractivity contribution in [2.45, 2.75) is 24.5 Å². The first-order valence-corrected chi connectivity index (χ1v) is 9.01. The van der Waals surface area contributed by atoms with Gasteiger partial charge in [-0.15, -0.1) is 0 Å². The van der Waals surface area contributed by atoms with Crippen molar-refractivity contribution in [1.82, 2.24) is 4.90 Å². The minimum atomic E-state index is -4.21. The van der Waals surface area contributed by atoms with Crippen molar-refractivity contribution < 1.29 is 32.3 Å². The lowest BCUT2D eigenvalue weighted by molar-refractivity contribution is -0.145. The van der Waals surface area contributed by atoms with Crippen molar-refractivity contribution in [1.29, 1.82) is 0 Å². The van der Waals surface area contributed by atoms with Crippen LogP contribution in [0.15, 0.2) is 30.3 Å². The Balaban J connectivity index is 1.68. The lowest BCUT2D eigenvalue weighted by Crippen LogP contribution is -2.45. The molecular weight excluding hydrogens is 354 g/mol. The summed E-state index contributed by atoms with van der Waals surface area (Å²) in [6.07, 6.45) is -5.04. The zero-order valence-electron chi connectivity index (χ0n) is 13.1. The van der Waals surface area contributed by atoms with Crippen molar-refractivity contribution in [2.24, 2.45) is 5.14 Å². The topological polar surface area (TPSA) is 143 Å². The van der Waals surface area contributed by atoms with Gasteiger partial charge in [0.1, 0.15) is 18.3 Å². The van der Waals surface area contributed by atoms with Crippen LogP contribution >= 0.6 is 0 Å². The Bertz CT molecular complexity index is 729. The van der Waals surface area contributed by atoms with Gasteiger partial charge in [0.05, 0.1) is 19.8 Å². The van der Waals surface area contributed by atoms with Gasteiger partial charge < -0.3 is 19.8 Å². The molecule has 2 fully saturated rings. The molecule has 0 saturated carbocycles. The monoisotopic (exact) mass is 373 g/mol. The third-order valence-corrected chi connectivity index (χ3v) is 4.60. The van der Waals surface area contributed by atoms with E-state index in [-0.39, 0.29) is 19.1 Å². The first-order chi connectivity index (χ1) is 11.8. The molecule has 0 radical (unpaired) electrons. The van der Waals surface area contributed by atoms with Crippen LogP contribution < -0.4 is 10.0 Å². The van der Waals surface area contributed by atoms with Crippen molar-refractivity contribution in [2.75, 3.05) is 24.7 Å². The molecule has 0 spiro atoms. The minimum Gasteiger partial charge on any atom is -0.387 e. The van der Waals surface area contributed by atoms with Crippen LogP contribution in [0.3, 0.4) is 0 Å². The molecule has 0 aliphatic carbocycles. The maximum atomic E-state index is 12.3. The van der Waals surface area contributed by atoms with E-state index in [1.807, 2.05) is 30.3 Å². The number of amides is 1. The normalized spacial score (nSPS) is 30.3. The van der Waals surface area contributed by atoms with Crippen LogP contribution in [-0.2, 0) is 24.0 Å². The summed E-state index contributed by atoms with van der Waals surface area (Å²) < 4.78 is 31.6. The number of hydrogen-bond donors (Lipinski definition) is 3. The molecule has 1 aromatic rings. The molecule has 4 atom stereocenters. The molecule has 138 valence electrons. The minimum absolute atomic E-state index is 0.102. The van der Waals surface area contributed by atoms with E-state index >= 15 is 0 Å². The lowest BCUT2D eigenvalue weighted by atomic mass is 10.1.